The average molecular weight is 260 g/mol. The van der Waals surface area contributed by atoms with Crippen molar-refractivity contribution in [2.24, 2.45) is 0 Å². The fourth-order valence-corrected chi connectivity index (χ4v) is 2.55. The normalized spacial score (nSPS) is 26.2. The summed E-state index contributed by atoms with van der Waals surface area (Å²) >= 11 is 0. The minimum absolute atomic E-state index is 0.0664. The highest BCUT2D eigenvalue weighted by Gasteiger charge is 2.31. The summed E-state index contributed by atoms with van der Waals surface area (Å²) < 4.78 is 11.2. The van der Waals surface area contributed by atoms with Crippen molar-refractivity contribution < 1.29 is 14.6 Å². The molecule has 3 unspecified atom stereocenters. The molecular formula is C13H28N2O3. The van der Waals surface area contributed by atoms with Crippen molar-refractivity contribution in [3.05, 3.63) is 0 Å². The van der Waals surface area contributed by atoms with Crippen LogP contribution in [0.4, 0.5) is 0 Å². The zero-order chi connectivity index (χ0) is 13.5. The molecule has 0 bridgehead atoms. The monoisotopic (exact) mass is 260 g/mol. The topological polar surface area (TPSA) is 45.2 Å². The summed E-state index contributed by atoms with van der Waals surface area (Å²) in [7, 11) is 0. The molecule has 1 aliphatic rings. The van der Waals surface area contributed by atoms with Gasteiger partial charge in [-0.3, -0.25) is 9.80 Å². The lowest BCUT2D eigenvalue weighted by atomic mass is 10.1. The molecule has 0 aromatic carbocycles. The van der Waals surface area contributed by atoms with Crippen LogP contribution in [0, 0.1) is 0 Å². The molecule has 0 saturated carbocycles. The zero-order valence-electron chi connectivity index (χ0n) is 12.1. The number of nitrogens with zero attached hydrogens (tertiary/aromatic N) is 2. The van der Waals surface area contributed by atoms with Crippen molar-refractivity contribution in [1.29, 1.82) is 0 Å². The number of piperazine rings is 1. The lowest BCUT2D eigenvalue weighted by molar-refractivity contribution is -0.128. The molecule has 1 rings (SSSR count). The molecule has 5 nitrogen and oxygen atoms in total. The minimum Gasteiger partial charge on any atom is -0.395 e. The predicted molar refractivity (Wildman–Crippen MR) is 71.3 cm³/mol. The zero-order valence-corrected chi connectivity index (χ0v) is 12.1. The maximum Gasteiger partial charge on any atom is 0.108 e. The van der Waals surface area contributed by atoms with E-state index in [1.165, 1.54) is 0 Å². The van der Waals surface area contributed by atoms with Crippen molar-refractivity contribution in [1.82, 2.24) is 9.80 Å². The predicted octanol–water partition coefficient (Wildman–Crippen LogP) is 0.730. The largest absolute Gasteiger partial charge is 0.395 e. The fraction of sp³-hybridized carbons (Fsp3) is 1.00. The first kappa shape index (κ1) is 15.9. The SMILES string of the molecule is CCOC(C)N1CCN(C(C)OCC)C(CO)C1. The maximum atomic E-state index is 9.54. The summed E-state index contributed by atoms with van der Waals surface area (Å²) in [5, 5.41) is 9.54. The number of aliphatic hydroxyl groups is 1. The van der Waals surface area contributed by atoms with Gasteiger partial charge < -0.3 is 14.6 Å². The first-order valence-electron chi connectivity index (χ1n) is 6.97. The summed E-state index contributed by atoms with van der Waals surface area (Å²) in [6, 6.07) is 0.128. The molecule has 0 spiro atoms. The van der Waals surface area contributed by atoms with E-state index in [0.717, 1.165) is 26.2 Å². The number of hydrogen-bond donors (Lipinski definition) is 1. The smallest absolute Gasteiger partial charge is 0.108 e. The van der Waals surface area contributed by atoms with Gasteiger partial charge in [0.1, 0.15) is 12.5 Å². The van der Waals surface area contributed by atoms with Crippen LogP contribution in [0.25, 0.3) is 0 Å². The Hall–Kier alpha value is -0.200. The number of aliphatic hydroxyl groups excluding tert-OH is 1. The number of ether oxygens (including phenoxy) is 2. The molecule has 5 heteroatoms. The summed E-state index contributed by atoms with van der Waals surface area (Å²) in [5.41, 5.74) is 0. The Morgan fingerprint density at radius 1 is 1.11 bits per heavy atom. The van der Waals surface area contributed by atoms with Crippen LogP contribution in [0.3, 0.4) is 0 Å². The molecule has 1 aliphatic heterocycles. The van der Waals surface area contributed by atoms with Gasteiger partial charge in [0.05, 0.1) is 6.61 Å². The first-order valence-corrected chi connectivity index (χ1v) is 6.97. The van der Waals surface area contributed by atoms with Crippen molar-refractivity contribution in [2.45, 2.75) is 46.2 Å². The third-order valence-electron chi connectivity index (χ3n) is 3.57. The van der Waals surface area contributed by atoms with E-state index in [1.807, 2.05) is 20.8 Å². The lowest BCUT2D eigenvalue weighted by Gasteiger charge is -2.44. The van der Waals surface area contributed by atoms with Gasteiger partial charge in [-0.05, 0) is 27.7 Å². The summed E-state index contributed by atoms with van der Waals surface area (Å²) in [6.07, 6.45) is 0.185. The van der Waals surface area contributed by atoms with Crippen molar-refractivity contribution in [3.63, 3.8) is 0 Å². The highest BCUT2D eigenvalue weighted by molar-refractivity contribution is 4.83. The third-order valence-corrected chi connectivity index (χ3v) is 3.57. The Morgan fingerprint density at radius 3 is 2.28 bits per heavy atom. The second-order valence-electron chi connectivity index (χ2n) is 4.68. The van der Waals surface area contributed by atoms with E-state index in [-0.39, 0.29) is 25.1 Å². The number of rotatable bonds is 7. The molecule has 108 valence electrons. The number of hydrogen-bond acceptors (Lipinski definition) is 5. The Kier molecular flexibility index (Phi) is 7.11. The van der Waals surface area contributed by atoms with Crippen LogP contribution in [-0.4, -0.2) is 72.9 Å². The highest BCUT2D eigenvalue weighted by Crippen LogP contribution is 2.16. The molecule has 0 aromatic rings. The van der Waals surface area contributed by atoms with Crippen molar-refractivity contribution in [2.75, 3.05) is 39.5 Å². The van der Waals surface area contributed by atoms with Gasteiger partial charge in [0.15, 0.2) is 0 Å². The van der Waals surface area contributed by atoms with Crippen LogP contribution in [0.5, 0.6) is 0 Å². The molecular weight excluding hydrogens is 232 g/mol. The summed E-state index contributed by atoms with van der Waals surface area (Å²) in [5.74, 6) is 0. The van der Waals surface area contributed by atoms with Gasteiger partial charge in [0, 0.05) is 38.9 Å². The molecule has 1 heterocycles. The van der Waals surface area contributed by atoms with E-state index in [4.69, 9.17) is 9.47 Å². The summed E-state index contributed by atoms with van der Waals surface area (Å²) in [4.78, 5) is 4.51. The standard InChI is InChI=1S/C13H28N2O3/c1-5-17-11(3)14-7-8-15(12(4)18-6-2)13(9-14)10-16/h11-13,16H,5-10H2,1-4H3. The van der Waals surface area contributed by atoms with Gasteiger partial charge >= 0.3 is 0 Å². The Labute approximate surface area is 111 Å². The van der Waals surface area contributed by atoms with Crippen LogP contribution < -0.4 is 0 Å². The molecule has 3 atom stereocenters. The van der Waals surface area contributed by atoms with E-state index < -0.39 is 0 Å². The fourth-order valence-electron chi connectivity index (χ4n) is 2.55. The second kappa shape index (κ2) is 8.07. The molecule has 1 fully saturated rings. The molecule has 1 N–H and O–H groups in total. The van der Waals surface area contributed by atoms with E-state index in [9.17, 15) is 5.11 Å². The molecule has 1 saturated heterocycles. The van der Waals surface area contributed by atoms with Gasteiger partial charge in [-0.25, -0.2) is 0 Å². The van der Waals surface area contributed by atoms with Crippen LogP contribution in [0.15, 0.2) is 0 Å². The minimum atomic E-state index is 0.0664. The molecule has 18 heavy (non-hydrogen) atoms. The van der Waals surface area contributed by atoms with Crippen LogP contribution in [0.1, 0.15) is 27.7 Å². The molecule has 0 amide bonds. The van der Waals surface area contributed by atoms with Crippen molar-refractivity contribution >= 4 is 0 Å². The Morgan fingerprint density at radius 2 is 1.72 bits per heavy atom. The quantitative estimate of drug-likeness (QED) is 0.731. The Bertz CT molecular complexity index is 228. The molecule has 0 aromatic heterocycles. The van der Waals surface area contributed by atoms with E-state index in [0.29, 0.717) is 6.61 Å². The maximum absolute atomic E-state index is 9.54. The first-order chi connectivity index (χ1) is 8.63. The van der Waals surface area contributed by atoms with E-state index >= 15 is 0 Å². The average Bonchev–Trinajstić information content (AvgIpc) is 2.38. The van der Waals surface area contributed by atoms with Gasteiger partial charge in [-0.2, -0.15) is 0 Å². The van der Waals surface area contributed by atoms with Gasteiger partial charge in [-0.1, -0.05) is 0 Å². The van der Waals surface area contributed by atoms with E-state index in [1.54, 1.807) is 0 Å². The second-order valence-corrected chi connectivity index (χ2v) is 4.68. The molecule has 0 radical (unpaired) electrons. The third kappa shape index (κ3) is 4.17. The van der Waals surface area contributed by atoms with E-state index in [2.05, 4.69) is 16.7 Å². The van der Waals surface area contributed by atoms with Crippen LogP contribution in [-0.2, 0) is 9.47 Å². The van der Waals surface area contributed by atoms with Gasteiger partial charge in [0.2, 0.25) is 0 Å². The van der Waals surface area contributed by atoms with Crippen LogP contribution >= 0.6 is 0 Å². The van der Waals surface area contributed by atoms with Crippen LogP contribution in [0.2, 0.25) is 0 Å². The van der Waals surface area contributed by atoms with Gasteiger partial charge in [0.25, 0.3) is 0 Å². The summed E-state index contributed by atoms with van der Waals surface area (Å²) in [6.45, 7) is 12.4. The lowest BCUT2D eigenvalue weighted by Crippen LogP contribution is -2.59. The highest BCUT2D eigenvalue weighted by atomic mass is 16.5. The van der Waals surface area contributed by atoms with Crippen molar-refractivity contribution in [3.8, 4) is 0 Å². The Balaban J connectivity index is 2.53. The molecule has 0 aliphatic carbocycles. The van der Waals surface area contributed by atoms with Gasteiger partial charge in [-0.15, -0.1) is 0 Å².